The second-order valence-corrected chi connectivity index (χ2v) is 8.61. The summed E-state index contributed by atoms with van der Waals surface area (Å²) < 4.78 is 23.2. The number of likely N-dealkylation sites (N-methyl/N-ethyl adjacent to an activating group) is 1. The SMILES string of the molecule is C[C@@H]1COc2c(N3CCN(C)CC3)c(F)cc3c(=O)c(C(=O)NNc4ccccc4)cn1c23. The normalized spacial score (nSPS) is 18.2. The average Bonchev–Trinajstić information content (AvgIpc) is 2.82. The quantitative estimate of drug-likeness (QED) is 0.594. The van der Waals surface area contributed by atoms with E-state index in [4.69, 9.17) is 4.74 Å². The molecule has 3 aromatic rings. The summed E-state index contributed by atoms with van der Waals surface area (Å²) in [6, 6.07) is 10.2. The van der Waals surface area contributed by atoms with Crippen molar-refractivity contribution in [3.63, 3.8) is 0 Å². The molecule has 172 valence electrons. The highest BCUT2D eigenvalue weighted by Gasteiger charge is 2.31. The maximum absolute atomic E-state index is 15.4. The monoisotopic (exact) mass is 451 g/mol. The molecule has 2 aromatic carbocycles. The second-order valence-electron chi connectivity index (χ2n) is 8.61. The van der Waals surface area contributed by atoms with Gasteiger partial charge >= 0.3 is 0 Å². The van der Waals surface area contributed by atoms with Gasteiger partial charge in [-0.2, -0.15) is 0 Å². The fourth-order valence-electron chi connectivity index (χ4n) is 4.42. The Morgan fingerprint density at radius 2 is 1.88 bits per heavy atom. The van der Waals surface area contributed by atoms with Crippen LogP contribution in [0.1, 0.15) is 23.3 Å². The molecule has 8 nitrogen and oxygen atoms in total. The van der Waals surface area contributed by atoms with Crippen molar-refractivity contribution in [2.45, 2.75) is 13.0 Å². The van der Waals surface area contributed by atoms with Gasteiger partial charge in [-0.15, -0.1) is 0 Å². The first-order chi connectivity index (χ1) is 15.9. The van der Waals surface area contributed by atoms with E-state index in [0.29, 0.717) is 42.3 Å². The van der Waals surface area contributed by atoms with Crippen LogP contribution < -0.4 is 25.9 Å². The predicted octanol–water partition coefficient (Wildman–Crippen LogP) is 2.60. The Kier molecular flexibility index (Phi) is 5.41. The number of hydrazine groups is 1. The molecule has 0 saturated carbocycles. The van der Waals surface area contributed by atoms with Crippen molar-refractivity contribution in [3.8, 4) is 5.75 Å². The molecule has 1 saturated heterocycles. The van der Waals surface area contributed by atoms with Crippen LogP contribution >= 0.6 is 0 Å². The standard InChI is InChI=1S/C24H26FN5O3/c1-15-14-33-23-20-17(12-19(25)21(23)29-10-8-28(2)9-11-29)22(31)18(13-30(15)20)24(32)27-26-16-6-4-3-5-7-16/h3-7,12-13,15,26H,8-11,14H2,1-2H3,(H,27,32)/t15-/m1/s1. The number of para-hydroxylation sites is 1. The molecular weight excluding hydrogens is 425 g/mol. The number of aromatic nitrogens is 1. The van der Waals surface area contributed by atoms with Crippen LogP contribution in [0.5, 0.6) is 5.75 Å². The highest BCUT2D eigenvalue weighted by Crippen LogP contribution is 2.42. The van der Waals surface area contributed by atoms with Gasteiger partial charge in [0.2, 0.25) is 5.43 Å². The lowest BCUT2D eigenvalue weighted by molar-refractivity contribution is 0.0960. The summed E-state index contributed by atoms with van der Waals surface area (Å²) in [7, 11) is 2.03. The van der Waals surface area contributed by atoms with Gasteiger partial charge in [-0.05, 0) is 32.2 Å². The van der Waals surface area contributed by atoms with Gasteiger partial charge < -0.3 is 19.1 Å². The molecule has 3 heterocycles. The topological polar surface area (TPSA) is 78.8 Å². The Labute approximate surface area is 190 Å². The number of benzene rings is 2. The van der Waals surface area contributed by atoms with Crippen LogP contribution in [0.3, 0.4) is 0 Å². The van der Waals surface area contributed by atoms with Crippen LogP contribution in [0.25, 0.3) is 10.9 Å². The van der Waals surface area contributed by atoms with Crippen molar-refractivity contribution in [3.05, 3.63) is 64.2 Å². The van der Waals surface area contributed by atoms with Crippen molar-refractivity contribution < 1.29 is 13.9 Å². The van der Waals surface area contributed by atoms with E-state index in [0.717, 1.165) is 13.1 Å². The molecule has 1 fully saturated rings. The van der Waals surface area contributed by atoms with Crippen LogP contribution in [0.4, 0.5) is 15.8 Å². The van der Waals surface area contributed by atoms with Crippen molar-refractivity contribution in [1.82, 2.24) is 14.9 Å². The molecule has 0 unspecified atom stereocenters. The number of piperazine rings is 1. The summed E-state index contributed by atoms with van der Waals surface area (Å²) in [5, 5.41) is 0.138. The summed E-state index contributed by atoms with van der Waals surface area (Å²) in [5.41, 5.74) is 6.37. The molecule has 9 heteroatoms. The number of amides is 1. The van der Waals surface area contributed by atoms with E-state index < -0.39 is 17.2 Å². The number of nitrogens with zero attached hydrogens (tertiary/aromatic N) is 3. The number of hydrogen-bond donors (Lipinski definition) is 2. The minimum atomic E-state index is -0.585. The Morgan fingerprint density at radius 3 is 2.61 bits per heavy atom. The van der Waals surface area contributed by atoms with E-state index in [-0.39, 0.29) is 17.0 Å². The first-order valence-corrected chi connectivity index (χ1v) is 11.0. The lowest BCUT2D eigenvalue weighted by atomic mass is 10.0. The summed E-state index contributed by atoms with van der Waals surface area (Å²) in [5.74, 6) is -0.724. The van der Waals surface area contributed by atoms with Crippen molar-refractivity contribution in [2.24, 2.45) is 0 Å². The van der Waals surface area contributed by atoms with Gasteiger partial charge in [-0.25, -0.2) is 4.39 Å². The Balaban J connectivity index is 1.58. The van der Waals surface area contributed by atoms with Crippen molar-refractivity contribution >= 4 is 28.2 Å². The molecule has 1 amide bonds. The maximum Gasteiger partial charge on any atom is 0.275 e. The molecule has 5 rings (SSSR count). The molecule has 2 aliphatic rings. The summed E-state index contributed by atoms with van der Waals surface area (Å²) >= 11 is 0. The molecule has 2 aliphatic heterocycles. The largest absolute Gasteiger partial charge is 0.487 e. The van der Waals surface area contributed by atoms with Crippen LogP contribution in [0.15, 0.2) is 47.4 Å². The zero-order valence-electron chi connectivity index (χ0n) is 18.6. The number of rotatable bonds is 4. The van der Waals surface area contributed by atoms with Crippen LogP contribution in [-0.2, 0) is 0 Å². The van der Waals surface area contributed by atoms with E-state index >= 15 is 4.39 Å². The van der Waals surface area contributed by atoms with Gasteiger partial charge in [0.05, 0.1) is 22.6 Å². The molecule has 1 aromatic heterocycles. The number of hydrogen-bond acceptors (Lipinski definition) is 6. The van der Waals surface area contributed by atoms with E-state index in [9.17, 15) is 9.59 Å². The molecule has 0 radical (unpaired) electrons. The average molecular weight is 452 g/mol. The molecule has 0 spiro atoms. The third-order valence-electron chi connectivity index (χ3n) is 6.30. The number of carbonyl (C=O) groups is 1. The number of nitrogens with one attached hydrogen (secondary N) is 2. The minimum Gasteiger partial charge on any atom is -0.487 e. The number of ether oxygens (including phenoxy) is 1. The maximum atomic E-state index is 15.4. The lowest BCUT2D eigenvalue weighted by Gasteiger charge is -2.37. The van der Waals surface area contributed by atoms with E-state index in [2.05, 4.69) is 15.8 Å². The molecule has 0 bridgehead atoms. The van der Waals surface area contributed by atoms with Gasteiger partial charge in [0.1, 0.15) is 17.9 Å². The lowest BCUT2D eigenvalue weighted by Crippen LogP contribution is -2.45. The first kappa shape index (κ1) is 21.3. The Hall–Kier alpha value is -3.59. The van der Waals surface area contributed by atoms with Crippen LogP contribution in [0, 0.1) is 5.82 Å². The van der Waals surface area contributed by atoms with Crippen LogP contribution in [0.2, 0.25) is 0 Å². The highest BCUT2D eigenvalue weighted by molar-refractivity contribution is 6.00. The number of carbonyl (C=O) groups excluding carboxylic acids is 1. The van der Waals surface area contributed by atoms with E-state index in [1.807, 2.05) is 41.6 Å². The van der Waals surface area contributed by atoms with Gasteiger partial charge in [0.25, 0.3) is 5.91 Å². The van der Waals surface area contributed by atoms with Gasteiger partial charge in [0.15, 0.2) is 11.6 Å². The number of pyridine rings is 1. The van der Waals surface area contributed by atoms with Crippen LogP contribution in [-0.4, -0.2) is 55.2 Å². The van der Waals surface area contributed by atoms with Crippen molar-refractivity contribution in [2.75, 3.05) is 50.2 Å². The summed E-state index contributed by atoms with van der Waals surface area (Å²) in [6.07, 6.45) is 1.55. The molecular formula is C24H26FN5O3. The summed E-state index contributed by atoms with van der Waals surface area (Å²) in [4.78, 5) is 30.3. The second kappa shape index (κ2) is 8.40. The molecule has 0 aliphatic carbocycles. The summed E-state index contributed by atoms with van der Waals surface area (Å²) in [6.45, 7) is 5.22. The fourth-order valence-corrected chi connectivity index (χ4v) is 4.42. The predicted molar refractivity (Wildman–Crippen MR) is 126 cm³/mol. The van der Waals surface area contributed by atoms with Gasteiger partial charge in [0, 0.05) is 32.4 Å². The van der Waals surface area contributed by atoms with Gasteiger partial charge in [-0.1, -0.05) is 18.2 Å². The fraction of sp³-hybridized carbons (Fsp3) is 0.333. The van der Waals surface area contributed by atoms with Crippen molar-refractivity contribution in [1.29, 1.82) is 0 Å². The number of halogens is 1. The first-order valence-electron chi connectivity index (χ1n) is 11.0. The van der Waals surface area contributed by atoms with E-state index in [1.165, 1.54) is 6.07 Å². The smallest absolute Gasteiger partial charge is 0.275 e. The number of anilines is 2. The third-order valence-corrected chi connectivity index (χ3v) is 6.30. The van der Waals surface area contributed by atoms with E-state index in [1.54, 1.807) is 18.3 Å². The minimum absolute atomic E-state index is 0.0580. The molecule has 2 N–H and O–H groups in total. The molecule has 1 atom stereocenters. The van der Waals surface area contributed by atoms with Gasteiger partial charge in [-0.3, -0.25) is 20.4 Å². The Bertz CT molecular complexity index is 1270. The third kappa shape index (κ3) is 3.78. The Morgan fingerprint density at radius 1 is 1.15 bits per heavy atom. The molecule has 33 heavy (non-hydrogen) atoms. The zero-order chi connectivity index (χ0) is 23.1. The zero-order valence-corrected chi connectivity index (χ0v) is 18.6. The highest BCUT2D eigenvalue weighted by atomic mass is 19.1.